The predicted octanol–water partition coefficient (Wildman–Crippen LogP) is 1.19. The molecule has 1 aromatic heterocycles. The van der Waals surface area contributed by atoms with Crippen molar-refractivity contribution in [2.75, 3.05) is 25.4 Å². The lowest BCUT2D eigenvalue weighted by Crippen LogP contribution is -2.48. The van der Waals surface area contributed by atoms with Gasteiger partial charge >= 0.3 is 0 Å². The molecular weight excluding hydrogens is 318 g/mol. The van der Waals surface area contributed by atoms with E-state index in [-0.39, 0.29) is 30.3 Å². The summed E-state index contributed by atoms with van der Waals surface area (Å²) in [7, 11) is 0. The summed E-state index contributed by atoms with van der Waals surface area (Å²) in [6.45, 7) is 7.78. The Kier molecular flexibility index (Phi) is 4.83. The zero-order valence-corrected chi connectivity index (χ0v) is 15.2. The first-order valence-electron chi connectivity index (χ1n) is 8.86. The van der Waals surface area contributed by atoms with Crippen LogP contribution in [-0.4, -0.2) is 57.1 Å². The van der Waals surface area contributed by atoms with Gasteiger partial charge in [-0.2, -0.15) is 5.10 Å². The number of amides is 2. The fourth-order valence-electron chi connectivity index (χ4n) is 3.69. The molecule has 1 aromatic rings. The Morgan fingerprint density at radius 1 is 1.36 bits per heavy atom. The number of nitrogens with zero attached hydrogens (tertiary/aromatic N) is 4. The fourth-order valence-corrected chi connectivity index (χ4v) is 3.69. The Labute approximate surface area is 148 Å². The minimum atomic E-state index is -0.0926. The molecule has 3 aliphatic heterocycles. The third-order valence-corrected chi connectivity index (χ3v) is 5.06. The summed E-state index contributed by atoms with van der Waals surface area (Å²) in [5.74, 6) is 0.553. The Balaban J connectivity index is 1.72. The van der Waals surface area contributed by atoms with Crippen LogP contribution in [0.3, 0.4) is 0 Å². The lowest BCUT2D eigenvalue weighted by atomic mass is 9.94. The number of nitrogen functional groups attached to an aromatic ring is 1. The SMILES string of the molecule is CC(C)=CCN1C(=O)[C@H]2CC[C@@H]1CN(C(=O)Cn1nc(C)cc1N)C2. The number of hydrogen-bond acceptors (Lipinski definition) is 4. The molecule has 0 unspecified atom stereocenters. The van der Waals surface area contributed by atoms with Crippen molar-refractivity contribution in [1.29, 1.82) is 0 Å². The molecule has 2 amide bonds. The number of carbonyl (C=O) groups excluding carboxylic acids is 2. The molecule has 0 spiro atoms. The summed E-state index contributed by atoms with van der Waals surface area (Å²) in [5, 5.41) is 4.26. The van der Waals surface area contributed by atoms with Crippen LogP contribution in [0.15, 0.2) is 17.7 Å². The normalized spacial score (nSPS) is 22.9. The molecule has 2 N–H and O–H groups in total. The number of fused-ring (bicyclic) bond motifs is 4. The largest absolute Gasteiger partial charge is 0.384 e. The topological polar surface area (TPSA) is 84.5 Å². The molecule has 2 bridgehead atoms. The van der Waals surface area contributed by atoms with Gasteiger partial charge in [-0.25, -0.2) is 4.68 Å². The average molecular weight is 345 g/mol. The summed E-state index contributed by atoms with van der Waals surface area (Å²) in [4.78, 5) is 29.2. The minimum Gasteiger partial charge on any atom is -0.384 e. The molecule has 25 heavy (non-hydrogen) atoms. The molecule has 3 saturated heterocycles. The molecule has 2 atom stereocenters. The number of anilines is 1. The van der Waals surface area contributed by atoms with E-state index < -0.39 is 0 Å². The molecule has 4 rings (SSSR count). The molecule has 0 radical (unpaired) electrons. The number of allylic oxidation sites excluding steroid dienone is 1. The lowest BCUT2D eigenvalue weighted by molar-refractivity contribution is -0.139. The first-order chi connectivity index (χ1) is 11.8. The molecule has 0 aliphatic carbocycles. The van der Waals surface area contributed by atoms with E-state index in [1.807, 2.05) is 30.6 Å². The highest BCUT2D eigenvalue weighted by Crippen LogP contribution is 2.29. The van der Waals surface area contributed by atoms with Crippen molar-refractivity contribution in [2.45, 2.75) is 46.2 Å². The summed E-state index contributed by atoms with van der Waals surface area (Å²) < 4.78 is 1.53. The third kappa shape index (κ3) is 3.70. The van der Waals surface area contributed by atoms with E-state index in [0.29, 0.717) is 25.5 Å². The monoisotopic (exact) mass is 345 g/mol. The number of piperidine rings is 1. The van der Waals surface area contributed by atoms with Crippen LogP contribution >= 0.6 is 0 Å². The van der Waals surface area contributed by atoms with E-state index in [9.17, 15) is 9.59 Å². The van der Waals surface area contributed by atoms with Crippen LogP contribution in [0, 0.1) is 12.8 Å². The molecule has 0 saturated carbocycles. The molecule has 7 nitrogen and oxygen atoms in total. The van der Waals surface area contributed by atoms with Crippen LogP contribution in [0.5, 0.6) is 0 Å². The second-order valence-electron chi connectivity index (χ2n) is 7.37. The van der Waals surface area contributed by atoms with E-state index in [4.69, 9.17) is 5.73 Å². The van der Waals surface area contributed by atoms with Crippen molar-refractivity contribution >= 4 is 17.6 Å². The van der Waals surface area contributed by atoms with Gasteiger partial charge in [0.05, 0.1) is 11.6 Å². The smallest absolute Gasteiger partial charge is 0.244 e. The van der Waals surface area contributed by atoms with E-state index in [1.54, 1.807) is 6.07 Å². The Bertz CT molecular complexity index is 704. The maximum absolute atomic E-state index is 12.7. The van der Waals surface area contributed by atoms with Crippen LogP contribution in [0.25, 0.3) is 0 Å². The van der Waals surface area contributed by atoms with E-state index in [1.165, 1.54) is 10.3 Å². The van der Waals surface area contributed by atoms with Crippen LogP contribution in [0.2, 0.25) is 0 Å². The summed E-state index contributed by atoms with van der Waals surface area (Å²) in [6.07, 6.45) is 3.90. The Morgan fingerprint density at radius 3 is 2.76 bits per heavy atom. The second kappa shape index (κ2) is 6.90. The first kappa shape index (κ1) is 17.5. The van der Waals surface area contributed by atoms with Crippen LogP contribution in [0.1, 0.15) is 32.4 Å². The van der Waals surface area contributed by atoms with Crippen LogP contribution in [-0.2, 0) is 16.1 Å². The van der Waals surface area contributed by atoms with E-state index >= 15 is 0 Å². The summed E-state index contributed by atoms with van der Waals surface area (Å²) in [6, 6.07) is 1.85. The molecule has 136 valence electrons. The Hall–Kier alpha value is -2.31. The molecule has 7 heteroatoms. The number of rotatable bonds is 4. The zero-order valence-electron chi connectivity index (χ0n) is 15.2. The quantitative estimate of drug-likeness (QED) is 0.831. The van der Waals surface area contributed by atoms with Gasteiger partial charge in [0.2, 0.25) is 11.8 Å². The van der Waals surface area contributed by atoms with Gasteiger partial charge in [0.1, 0.15) is 12.4 Å². The number of hydrogen-bond donors (Lipinski definition) is 1. The van der Waals surface area contributed by atoms with Crippen LogP contribution < -0.4 is 5.73 Å². The van der Waals surface area contributed by atoms with Gasteiger partial charge in [0.25, 0.3) is 0 Å². The highest BCUT2D eigenvalue weighted by atomic mass is 16.2. The van der Waals surface area contributed by atoms with Gasteiger partial charge in [0.15, 0.2) is 0 Å². The molecule has 3 aliphatic rings. The number of aryl methyl sites for hydroxylation is 1. The van der Waals surface area contributed by atoms with Gasteiger partial charge in [-0.15, -0.1) is 0 Å². The number of aromatic nitrogens is 2. The van der Waals surface area contributed by atoms with Crippen LogP contribution in [0.4, 0.5) is 5.82 Å². The average Bonchev–Trinajstić information content (AvgIpc) is 2.73. The van der Waals surface area contributed by atoms with Gasteiger partial charge in [-0.1, -0.05) is 11.6 Å². The number of nitrogens with two attached hydrogens (primary N) is 1. The maximum atomic E-state index is 12.7. The standard InChI is InChI=1S/C18H27N5O2/c1-12(2)6-7-22-15-5-4-14(18(22)25)9-21(10-15)17(24)11-23-16(19)8-13(3)20-23/h6,8,14-15H,4-5,7,9-11,19H2,1-3H3/t14-,15+/m0/s1. The Morgan fingerprint density at radius 2 is 2.12 bits per heavy atom. The lowest BCUT2D eigenvalue weighted by Gasteiger charge is -2.35. The molecular formula is C18H27N5O2. The van der Waals surface area contributed by atoms with Gasteiger partial charge < -0.3 is 15.5 Å². The van der Waals surface area contributed by atoms with E-state index in [2.05, 4.69) is 11.2 Å². The van der Waals surface area contributed by atoms with Crippen molar-refractivity contribution in [3.63, 3.8) is 0 Å². The first-order valence-corrected chi connectivity index (χ1v) is 8.86. The van der Waals surface area contributed by atoms with Crippen molar-refractivity contribution in [2.24, 2.45) is 5.92 Å². The molecule has 0 aromatic carbocycles. The summed E-state index contributed by atoms with van der Waals surface area (Å²) >= 11 is 0. The van der Waals surface area contributed by atoms with E-state index in [0.717, 1.165) is 18.5 Å². The number of carbonyl (C=O) groups is 2. The van der Waals surface area contributed by atoms with Crippen molar-refractivity contribution in [3.8, 4) is 0 Å². The van der Waals surface area contributed by atoms with Crippen molar-refractivity contribution in [1.82, 2.24) is 19.6 Å². The van der Waals surface area contributed by atoms with Crippen molar-refractivity contribution in [3.05, 3.63) is 23.4 Å². The van der Waals surface area contributed by atoms with Gasteiger partial charge in [0, 0.05) is 31.7 Å². The highest BCUT2D eigenvalue weighted by molar-refractivity contribution is 5.83. The predicted molar refractivity (Wildman–Crippen MR) is 95.6 cm³/mol. The van der Waals surface area contributed by atoms with Gasteiger partial charge in [-0.05, 0) is 33.6 Å². The summed E-state index contributed by atoms with van der Waals surface area (Å²) in [5.41, 5.74) is 7.89. The molecule has 4 heterocycles. The minimum absolute atomic E-state index is 0.0245. The highest BCUT2D eigenvalue weighted by Gasteiger charge is 2.41. The van der Waals surface area contributed by atoms with Gasteiger partial charge in [-0.3, -0.25) is 9.59 Å². The third-order valence-electron chi connectivity index (χ3n) is 5.06. The van der Waals surface area contributed by atoms with Crippen molar-refractivity contribution < 1.29 is 9.59 Å². The zero-order chi connectivity index (χ0) is 18.1. The molecule has 3 fully saturated rings. The maximum Gasteiger partial charge on any atom is 0.244 e. The fraction of sp³-hybridized carbons (Fsp3) is 0.611. The second-order valence-corrected chi connectivity index (χ2v) is 7.37.